The van der Waals surface area contributed by atoms with Crippen molar-refractivity contribution in [1.82, 2.24) is 15.1 Å². The fourth-order valence-corrected chi connectivity index (χ4v) is 3.43. The second-order valence-electron chi connectivity index (χ2n) is 6.68. The largest absolute Gasteiger partial charge is 0.338 e. The summed E-state index contributed by atoms with van der Waals surface area (Å²) in [7, 11) is 0. The van der Waals surface area contributed by atoms with E-state index in [0.717, 1.165) is 32.2 Å². The summed E-state index contributed by atoms with van der Waals surface area (Å²) in [4.78, 5) is 28.7. The number of urea groups is 1. The van der Waals surface area contributed by atoms with Crippen LogP contribution in [0.4, 0.5) is 4.79 Å². The highest BCUT2D eigenvalue weighted by molar-refractivity contribution is 5.84. The third-order valence-electron chi connectivity index (χ3n) is 4.89. The Hall–Kier alpha value is -2.04. The quantitative estimate of drug-likeness (QED) is 0.771. The molecule has 5 heteroatoms. The summed E-state index contributed by atoms with van der Waals surface area (Å²) >= 11 is 0. The minimum absolute atomic E-state index is 0.0322. The predicted molar refractivity (Wildman–Crippen MR) is 100 cm³/mol. The first-order chi connectivity index (χ1) is 12.1. The van der Waals surface area contributed by atoms with Crippen LogP contribution in [0.5, 0.6) is 0 Å². The zero-order chi connectivity index (χ0) is 18.2. The Kier molecular flexibility index (Phi) is 7.29. The summed E-state index contributed by atoms with van der Waals surface area (Å²) in [5, 5.41) is 2.82. The second kappa shape index (κ2) is 9.44. The maximum Gasteiger partial charge on any atom is 0.317 e. The lowest BCUT2D eigenvalue weighted by molar-refractivity contribution is -0.134. The molecule has 1 heterocycles. The first kappa shape index (κ1) is 19.3. The number of fused-ring (bicyclic) bond motifs is 1. The molecule has 0 saturated heterocycles. The number of nitrogens with zero attached hydrogens (tertiary/aromatic N) is 2. The molecule has 0 saturated carbocycles. The molecule has 138 valence electrons. The van der Waals surface area contributed by atoms with E-state index in [-0.39, 0.29) is 24.5 Å². The highest BCUT2D eigenvalue weighted by atomic mass is 16.2. The summed E-state index contributed by atoms with van der Waals surface area (Å²) in [5.41, 5.74) is 2.54. The number of benzene rings is 1. The summed E-state index contributed by atoms with van der Waals surface area (Å²) in [6.07, 6.45) is 3.97. The van der Waals surface area contributed by atoms with E-state index < -0.39 is 0 Å². The van der Waals surface area contributed by atoms with Crippen LogP contribution < -0.4 is 5.32 Å². The van der Waals surface area contributed by atoms with Crippen molar-refractivity contribution < 1.29 is 9.59 Å². The number of unbranched alkanes of at least 4 members (excludes halogenated alkanes) is 2. The van der Waals surface area contributed by atoms with Crippen LogP contribution >= 0.6 is 0 Å². The Balaban J connectivity index is 2.03. The van der Waals surface area contributed by atoms with Gasteiger partial charge in [-0.1, -0.05) is 44.0 Å². The van der Waals surface area contributed by atoms with Crippen molar-refractivity contribution in [3.63, 3.8) is 0 Å². The molecule has 25 heavy (non-hydrogen) atoms. The number of hydrogen-bond donors (Lipinski definition) is 1. The molecule has 0 aliphatic carbocycles. The van der Waals surface area contributed by atoms with E-state index in [0.29, 0.717) is 13.1 Å². The minimum Gasteiger partial charge on any atom is -0.338 e. The molecule has 0 aromatic heterocycles. The Morgan fingerprint density at radius 3 is 2.72 bits per heavy atom. The standard InChI is InChI=1S/C20H31N3O2/c1-4-6-9-13-22(20(25)21-5-2)15-19(24)23-14-12-17-10-7-8-11-18(17)16(23)3/h7-8,10-11,16H,4-6,9,12-15H2,1-3H3,(H,21,25). The van der Waals surface area contributed by atoms with Crippen molar-refractivity contribution in [2.45, 2.75) is 52.5 Å². The van der Waals surface area contributed by atoms with Crippen LogP contribution in [0.3, 0.4) is 0 Å². The highest BCUT2D eigenvalue weighted by Gasteiger charge is 2.29. The minimum atomic E-state index is -0.142. The van der Waals surface area contributed by atoms with Gasteiger partial charge in [-0.3, -0.25) is 4.79 Å². The van der Waals surface area contributed by atoms with Crippen molar-refractivity contribution in [3.8, 4) is 0 Å². The van der Waals surface area contributed by atoms with Crippen molar-refractivity contribution in [1.29, 1.82) is 0 Å². The Labute approximate surface area is 151 Å². The third-order valence-corrected chi connectivity index (χ3v) is 4.89. The number of carbonyl (C=O) groups excluding carboxylic acids is 2. The van der Waals surface area contributed by atoms with Crippen LogP contribution in [0.15, 0.2) is 24.3 Å². The van der Waals surface area contributed by atoms with Crippen LogP contribution in [0.2, 0.25) is 0 Å². The van der Waals surface area contributed by atoms with Crippen molar-refractivity contribution in [3.05, 3.63) is 35.4 Å². The molecule has 1 atom stereocenters. The molecule has 0 bridgehead atoms. The highest BCUT2D eigenvalue weighted by Crippen LogP contribution is 2.29. The first-order valence-corrected chi connectivity index (χ1v) is 9.48. The van der Waals surface area contributed by atoms with Gasteiger partial charge in [0.05, 0.1) is 6.04 Å². The van der Waals surface area contributed by atoms with Gasteiger partial charge < -0.3 is 15.1 Å². The number of carbonyl (C=O) groups is 2. The van der Waals surface area contributed by atoms with Gasteiger partial charge in [0.2, 0.25) is 5.91 Å². The lowest BCUT2D eigenvalue weighted by atomic mass is 9.93. The number of amides is 3. The van der Waals surface area contributed by atoms with E-state index in [2.05, 4.69) is 31.3 Å². The van der Waals surface area contributed by atoms with E-state index in [9.17, 15) is 9.59 Å². The van der Waals surface area contributed by atoms with Gasteiger partial charge in [0.1, 0.15) is 6.54 Å². The van der Waals surface area contributed by atoms with Gasteiger partial charge in [-0.15, -0.1) is 0 Å². The maximum absolute atomic E-state index is 12.9. The van der Waals surface area contributed by atoms with Crippen molar-refractivity contribution in [2.24, 2.45) is 0 Å². The Bertz CT molecular complexity index is 588. The number of nitrogens with one attached hydrogen (secondary N) is 1. The van der Waals surface area contributed by atoms with E-state index in [1.165, 1.54) is 11.1 Å². The fraction of sp³-hybridized carbons (Fsp3) is 0.600. The average Bonchev–Trinajstić information content (AvgIpc) is 2.61. The van der Waals surface area contributed by atoms with Gasteiger partial charge in [0, 0.05) is 19.6 Å². The molecular formula is C20H31N3O2. The number of rotatable bonds is 7. The number of hydrogen-bond acceptors (Lipinski definition) is 2. The van der Waals surface area contributed by atoms with Gasteiger partial charge in [0.15, 0.2) is 0 Å². The molecule has 1 aromatic carbocycles. The first-order valence-electron chi connectivity index (χ1n) is 9.48. The van der Waals surface area contributed by atoms with E-state index in [4.69, 9.17) is 0 Å². The molecule has 0 fully saturated rings. The van der Waals surface area contributed by atoms with Crippen LogP contribution in [0.25, 0.3) is 0 Å². The molecule has 0 radical (unpaired) electrons. The molecule has 5 nitrogen and oxygen atoms in total. The van der Waals surface area contributed by atoms with Crippen LogP contribution in [-0.4, -0.2) is 47.9 Å². The summed E-state index contributed by atoms with van der Waals surface area (Å²) in [6, 6.07) is 8.23. The smallest absolute Gasteiger partial charge is 0.317 e. The van der Waals surface area contributed by atoms with Crippen LogP contribution in [0, 0.1) is 0 Å². The van der Waals surface area contributed by atoms with Gasteiger partial charge in [-0.2, -0.15) is 0 Å². The van der Waals surface area contributed by atoms with Gasteiger partial charge in [-0.25, -0.2) is 4.79 Å². The predicted octanol–water partition coefficient (Wildman–Crippen LogP) is 3.35. The molecule has 0 spiro atoms. The van der Waals surface area contributed by atoms with E-state index in [1.54, 1.807) is 4.90 Å². The zero-order valence-electron chi connectivity index (χ0n) is 15.8. The van der Waals surface area contributed by atoms with E-state index >= 15 is 0 Å². The molecule has 1 aliphatic heterocycles. The molecule has 1 aromatic rings. The SMILES string of the molecule is CCCCCN(CC(=O)N1CCc2ccccc2C1C)C(=O)NCC. The molecule has 2 rings (SSSR count). The zero-order valence-corrected chi connectivity index (χ0v) is 15.8. The Morgan fingerprint density at radius 1 is 1.24 bits per heavy atom. The van der Waals surface area contributed by atoms with Crippen molar-refractivity contribution in [2.75, 3.05) is 26.2 Å². The normalized spacial score (nSPS) is 16.3. The molecular weight excluding hydrogens is 314 g/mol. The van der Waals surface area contributed by atoms with Gasteiger partial charge in [0.25, 0.3) is 0 Å². The summed E-state index contributed by atoms with van der Waals surface area (Å²) in [5.74, 6) is 0.0322. The Morgan fingerprint density at radius 2 is 2.00 bits per heavy atom. The lowest BCUT2D eigenvalue weighted by Crippen LogP contribution is -2.48. The second-order valence-corrected chi connectivity index (χ2v) is 6.68. The summed E-state index contributed by atoms with van der Waals surface area (Å²) < 4.78 is 0. The van der Waals surface area contributed by atoms with Gasteiger partial charge in [-0.05, 0) is 37.8 Å². The van der Waals surface area contributed by atoms with Crippen LogP contribution in [0.1, 0.15) is 57.2 Å². The molecule has 1 unspecified atom stereocenters. The lowest BCUT2D eigenvalue weighted by Gasteiger charge is -2.36. The average molecular weight is 345 g/mol. The van der Waals surface area contributed by atoms with Crippen molar-refractivity contribution >= 4 is 11.9 Å². The van der Waals surface area contributed by atoms with E-state index in [1.807, 2.05) is 24.0 Å². The third kappa shape index (κ3) is 4.97. The fourth-order valence-electron chi connectivity index (χ4n) is 3.43. The van der Waals surface area contributed by atoms with Gasteiger partial charge >= 0.3 is 6.03 Å². The topological polar surface area (TPSA) is 52.7 Å². The van der Waals surface area contributed by atoms with Crippen LogP contribution in [-0.2, 0) is 11.2 Å². The molecule has 3 amide bonds. The summed E-state index contributed by atoms with van der Waals surface area (Å²) in [6.45, 7) is 8.18. The maximum atomic E-state index is 12.9. The molecule has 1 aliphatic rings. The monoisotopic (exact) mass is 345 g/mol. The molecule has 1 N–H and O–H groups in total.